The average Bonchev–Trinajstić information content (AvgIpc) is 2.62. The zero-order chi connectivity index (χ0) is 16.5. The second kappa shape index (κ2) is 9.46. The number of ether oxygens (including phenoxy) is 1. The minimum Gasteiger partial charge on any atom is -0.389 e. The third-order valence-electron chi connectivity index (χ3n) is 3.99. The van der Waals surface area contributed by atoms with Crippen molar-refractivity contribution >= 4 is 0 Å². The van der Waals surface area contributed by atoms with E-state index in [4.69, 9.17) is 4.74 Å². The van der Waals surface area contributed by atoms with Gasteiger partial charge in [-0.3, -0.25) is 0 Å². The van der Waals surface area contributed by atoms with E-state index in [1.165, 1.54) is 5.56 Å². The molecule has 0 heterocycles. The summed E-state index contributed by atoms with van der Waals surface area (Å²) in [6, 6.07) is 20.6. The maximum Gasteiger partial charge on any atom is 0.0898 e. The van der Waals surface area contributed by atoms with Gasteiger partial charge in [-0.15, -0.1) is 0 Å². The van der Waals surface area contributed by atoms with Gasteiger partial charge in [0, 0.05) is 12.6 Å². The third-order valence-corrected chi connectivity index (χ3v) is 3.99. The van der Waals surface area contributed by atoms with Gasteiger partial charge >= 0.3 is 0 Å². The van der Waals surface area contributed by atoms with Crippen molar-refractivity contribution in [3.63, 3.8) is 0 Å². The lowest BCUT2D eigenvalue weighted by molar-refractivity contribution is -0.0120. The number of hydrogen-bond donors (Lipinski definition) is 2. The molecule has 3 heteroatoms. The first-order valence-corrected chi connectivity index (χ1v) is 8.33. The van der Waals surface area contributed by atoms with Crippen LogP contribution in [0.25, 0.3) is 0 Å². The summed E-state index contributed by atoms with van der Waals surface area (Å²) in [5.41, 5.74) is 2.38. The number of nitrogens with one attached hydrogen (secondary N) is 1. The van der Waals surface area contributed by atoms with E-state index in [0.717, 1.165) is 12.0 Å². The highest BCUT2D eigenvalue weighted by molar-refractivity contribution is 5.18. The predicted molar refractivity (Wildman–Crippen MR) is 94.3 cm³/mol. The monoisotopic (exact) mass is 313 g/mol. The van der Waals surface area contributed by atoms with Crippen LogP contribution >= 0.6 is 0 Å². The summed E-state index contributed by atoms with van der Waals surface area (Å²) in [4.78, 5) is 0. The minimum atomic E-state index is -0.515. The van der Waals surface area contributed by atoms with Gasteiger partial charge in [0.1, 0.15) is 0 Å². The van der Waals surface area contributed by atoms with Gasteiger partial charge in [0.2, 0.25) is 0 Å². The van der Waals surface area contributed by atoms with Crippen LogP contribution in [0.1, 0.15) is 43.5 Å². The number of hydrogen-bond acceptors (Lipinski definition) is 3. The Hall–Kier alpha value is -1.68. The van der Waals surface area contributed by atoms with Gasteiger partial charge in [-0.05, 0) is 24.5 Å². The average molecular weight is 313 g/mol. The number of benzene rings is 2. The summed E-state index contributed by atoms with van der Waals surface area (Å²) in [5, 5.41) is 13.5. The van der Waals surface area contributed by atoms with E-state index in [0.29, 0.717) is 13.2 Å². The van der Waals surface area contributed by atoms with Crippen LogP contribution in [0, 0.1) is 0 Å². The Morgan fingerprint density at radius 2 is 1.52 bits per heavy atom. The van der Waals surface area contributed by atoms with Crippen LogP contribution in [0.5, 0.6) is 0 Å². The van der Waals surface area contributed by atoms with E-state index in [9.17, 15) is 5.11 Å². The van der Waals surface area contributed by atoms with E-state index in [1.54, 1.807) is 0 Å². The summed E-state index contributed by atoms with van der Waals surface area (Å²) >= 11 is 0. The highest BCUT2D eigenvalue weighted by atomic mass is 16.5. The fraction of sp³-hybridized carbons (Fsp3) is 0.400. The maximum atomic E-state index is 10.1. The van der Waals surface area contributed by atoms with Crippen LogP contribution in [-0.2, 0) is 4.74 Å². The SMILES string of the molecule is CC[C@H](OC[C@H](O)CN[C@H](C)c1ccccc1)c1ccccc1. The second-order valence-electron chi connectivity index (χ2n) is 5.84. The van der Waals surface area contributed by atoms with Crippen molar-refractivity contribution in [1.82, 2.24) is 5.32 Å². The van der Waals surface area contributed by atoms with Crippen molar-refractivity contribution in [2.45, 2.75) is 38.5 Å². The highest BCUT2D eigenvalue weighted by Crippen LogP contribution is 2.20. The molecular weight excluding hydrogens is 286 g/mol. The largest absolute Gasteiger partial charge is 0.389 e. The normalized spacial score (nSPS) is 15.1. The van der Waals surface area contributed by atoms with Gasteiger partial charge in [0.15, 0.2) is 0 Å². The molecule has 0 saturated carbocycles. The van der Waals surface area contributed by atoms with Crippen molar-refractivity contribution in [1.29, 1.82) is 0 Å². The molecule has 0 aliphatic rings. The molecular formula is C20H27NO2. The Bertz CT molecular complexity index is 544. The smallest absolute Gasteiger partial charge is 0.0898 e. The second-order valence-corrected chi connectivity index (χ2v) is 5.84. The lowest BCUT2D eigenvalue weighted by atomic mass is 10.1. The fourth-order valence-electron chi connectivity index (χ4n) is 2.58. The molecule has 2 aromatic rings. The summed E-state index contributed by atoms with van der Waals surface area (Å²) in [7, 11) is 0. The van der Waals surface area contributed by atoms with E-state index < -0.39 is 6.10 Å². The molecule has 0 bridgehead atoms. The molecule has 0 unspecified atom stereocenters. The van der Waals surface area contributed by atoms with Crippen molar-refractivity contribution in [3.8, 4) is 0 Å². The van der Waals surface area contributed by atoms with E-state index >= 15 is 0 Å². The number of aliphatic hydroxyl groups excluding tert-OH is 1. The zero-order valence-electron chi connectivity index (χ0n) is 14.0. The Balaban J connectivity index is 1.75. The molecule has 2 aromatic carbocycles. The summed E-state index contributed by atoms with van der Waals surface area (Å²) in [6.07, 6.45) is 0.418. The summed E-state index contributed by atoms with van der Waals surface area (Å²) < 4.78 is 5.89. The fourth-order valence-corrected chi connectivity index (χ4v) is 2.58. The molecule has 0 spiro atoms. The summed E-state index contributed by atoms with van der Waals surface area (Å²) in [5.74, 6) is 0. The molecule has 124 valence electrons. The molecule has 3 nitrogen and oxygen atoms in total. The van der Waals surface area contributed by atoms with Gasteiger partial charge in [-0.2, -0.15) is 0 Å². The molecule has 0 aliphatic carbocycles. The van der Waals surface area contributed by atoms with Crippen LogP contribution in [0.15, 0.2) is 60.7 Å². The van der Waals surface area contributed by atoms with Crippen molar-refractivity contribution in [2.75, 3.05) is 13.2 Å². The first-order chi connectivity index (χ1) is 11.2. The Labute approximate surface area is 139 Å². The van der Waals surface area contributed by atoms with Crippen LogP contribution < -0.4 is 5.32 Å². The quantitative estimate of drug-likeness (QED) is 0.738. The molecule has 3 atom stereocenters. The lowest BCUT2D eigenvalue weighted by Gasteiger charge is -2.21. The molecule has 0 radical (unpaired) electrons. The van der Waals surface area contributed by atoms with Crippen LogP contribution in [0.3, 0.4) is 0 Å². The van der Waals surface area contributed by atoms with Crippen LogP contribution in [0.2, 0.25) is 0 Å². The van der Waals surface area contributed by atoms with Gasteiger partial charge in [0.25, 0.3) is 0 Å². The van der Waals surface area contributed by atoms with Gasteiger partial charge in [-0.1, -0.05) is 67.6 Å². The van der Waals surface area contributed by atoms with Crippen LogP contribution in [0.4, 0.5) is 0 Å². The van der Waals surface area contributed by atoms with Gasteiger partial charge in [-0.25, -0.2) is 0 Å². The van der Waals surface area contributed by atoms with E-state index in [2.05, 4.69) is 43.4 Å². The lowest BCUT2D eigenvalue weighted by Crippen LogP contribution is -2.32. The molecule has 2 N–H and O–H groups in total. The molecule has 0 amide bonds. The Morgan fingerprint density at radius 1 is 0.957 bits per heavy atom. The predicted octanol–water partition coefficient (Wildman–Crippen LogP) is 3.87. The third kappa shape index (κ3) is 5.79. The molecule has 0 saturated heterocycles. The zero-order valence-corrected chi connectivity index (χ0v) is 14.0. The standard InChI is InChI=1S/C20H27NO2/c1-3-20(18-12-8-5-9-13-18)23-15-19(22)14-21-16(2)17-10-6-4-7-11-17/h4-13,16,19-22H,3,14-15H2,1-2H3/t16-,19-,20+/m1/s1. The van der Waals surface area contributed by atoms with E-state index in [-0.39, 0.29) is 12.1 Å². The highest BCUT2D eigenvalue weighted by Gasteiger charge is 2.13. The Kier molecular flexibility index (Phi) is 7.27. The molecule has 23 heavy (non-hydrogen) atoms. The maximum absolute atomic E-state index is 10.1. The molecule has 0 aliphatic heterocycles. The topological polar surface area (TPSA) is 41.5 Å². The first kappa shape index (κ1) is 17.7. The van der Waals surface area contributed by atoms with Crippen molar-refractivity contribution in [2.24, 2.45) is 0 Å². The molecule has 0 fully saturated rings. The van der Waals surface area contributed by atoms with Crippen LogP contribution in [-0.4, -0.2) is 24.4 Å². The minimum absolute atomic E-state index is 0.0393. The van der Waals surface area contributed by atoms with Gasteiger partial charge < -0.3 is 15.2 Å². The number of aliphatic hydroxyl groups is 1. The Morgan fingerprint density at radius 3 is 2.09 bits per heavy atom. The van der Waals surface area contributed by atoms with Gasteiger partial charge in [0.05, 0.1) is 18.8 Å². The van der Waals surface area contributed by atoms with E-state index in [1.807, 2.05) is 36.4 Å². The van der Waals surface area contributed by atoms with Crippen molar-refractivity contribution < 1.29 is 9.84 Å². The molecule has 2 rings (SSSR count). The number of rotatable bonds is 9. The first-order valence-electron chi connectivity index (χ1n) is 8.33. The summed E-state index contributed by atoms with van der Waals surface area (Å²) in [6.45, 7) is 5.05. The molecule has 0 aromatic heterocycles. The van der Waals surface area contributed by atoms with Crippen molar-refractivity contribution in [3.05, 3.63) is 71.8 Å².